The van der Waals surface area contributed by atoms with E-state index in [9.17, 15) is 19.7 Å². The van der Waals surface area contributed by atoms with Gasteiger partial charge in [0, 0.05) is 69.5 Å². The number of amides is 2. The summed E-state index contributed by atoms with van der Waals surface area (Å²) in [7, 11) is 3.47. The standard InChI is InChI=1S/C24H34N4O6/c1-5-34-14-7-12-27(24(30)20-10-9-19(2)22(16-20)28(31)32)18-23(29)26(13-15-33-4)17-21-8-6-11-25(21)3/h6,8-11,16H,5,7,12-15,17-18H2,1-4H3. The first-order valence-corrected chi connectivity index (χ1v) is 11.3. The molecule has 0 unspecified atom stereocenters. The summed E-state index contributed by atoms with van der Waals surface area (Å²) in [6.07, 6.45) is 2.44. The predicted octanol–water partition coefficient (Wildman–Crippen LogP) is 2.79. The number of carbonyl (C=O) groups excluding carboxylic acids is 2. The maximum atomic E-state index is 13.3. The average Bonchev–Trinajstić information content (AvgIpc) is 3.22. The molecule has 0 N–H and O–H groups in total. The number of nitro benzene ring substituents is 1. The number of aromatic nitrogens is 1. The van der Waals surface area contributed by atoms with E-state index in [0.717, 1.165) is 5.69 Å². The van der Waals surface area contributed by atoms with Crippen molar-refractivity contribution in [1.29, 1.82) is 0 Å². The molecule has 0 aliphatic carbocycles. The minimum absolute atomic E-state index is 0.128. The van der Waals surface area contributed by atoms with Crippen molar-refractivity contribution in [2.24, 2.45) is 7.05 Å². The molecule has 34 heavy (non-hydrogen) atoms. The lowest BCUT2D eigenvalue weighted by Gasteiger charge is -2.28. The molecule has 0 radical (unpaired) electrons. The van der Waals surface area contributed by atoms with E-state index in [1.807, 2.05) is 36.9 Å². The zero-order valence-electron chi connectivity index (χ0n) is 20.4. The van der Waals surface area contributed by atoms with Crippen LogP contribution in [0.4, 0.5) is 5.69 Å². The van der Waals surface area contributed by atoms with Crippen LogP contribution < -0.4 is 0 Å². The molecule has 0 bridgehead atoms. The van der Waals surface area contributed by atoms with E-state index >= 15 is 0 Å². The van der Waals surface area contributed by atoms with Crippen LogP contribution in [0.2, 0.25) is 0 Å². The van der Waals surface area contributed by atoms with E-state index in [1.54, 1.807) is 31.1 Å². The molecule has 0 saturated heterocycles. The summed E-state index contributed by atoms with van der Waals surface area (Å²) in [6, 6.07) is 8.21. The van der Waals surface area contributed by atoms with Gasteiger partial charge in [0.2, 0.25) is 5.91 Å². The summed E-state index contributed by atoms with van der Waals surface area (Å²) >= 11 is 0. The molecule has 0 saturated carbocycles. The van der Waals surface area contributed by atoms with Gasteiger partial charge in [0.25, 0.3) is 11.6 Å². The Balaban J connectivity index is 2.24. The fourth-order valence-corrected chi connectivity index (χ4v) is 3.49. The Hall–Kier alpha value is -3.24. The number of methoxy groups -OCH3 is 1. The van der Waals surface area contributed by atoms with Crippen molar-refractivity contribution in [3.8, 4) is 0 Å². The number of benzene rings is 1. The first-order chi connectivity index (χ1) is 16.3. The molecule has 10 nitrogen and oxygen atoms in total. The second kappa shape index (κ2) is 13.5. The highest BCUT2D eigenvalue weighted by Gasteiger charge is 2.24. The van der Waals surface area contributed by atoms with Gasteiger partial charge < -0.3 is 23.8 Å². The normalized spacial score (nSPS) is 10.8. The molecule has 2 aromatic rings. The highest BCUT2D eigenvalue weighted by Crippen LogP contribution is 2.20. The van der Waals surface area contributed by atoms with Crippen LogP contribution >= 0.6 is 0 Å². The summed E-state index contributed by atoms with van der Waals surface area (Å²) < 4.78 is 12.5. The van der Waals surface area contributed by atoms with Gasteiger partial charge >= 0.3 is 0 Å². The Morgan fingerprint density at radius 3 is 2.53 bits per heavy atom. The van der Waals surface area contributed by atoms with Gasteiger partial charge in [-0.25, -0.2) is 0 Å². The second-order valence-electron chi connectivity index (χ2n) is 7.95. The highest BCUT2D eigenvalue weighted by molar-refractivity contribution is 5.97. The topological polar surface area (TPSA) is 107 Å². The summed E-state index contributed by atoms with van der Waals surface area (Å²) in [5.74, 6) is -0.664. The number of hydrogen-bond donors (Lipinski definition) is 0. The van der Waals surface area contributed by atoms with Crippen LogP contribution in [-0.4, -0.2) is 77.7 Å². The zero-order valence-corrected chi connectivity index (χ0v) is 20.4. The fourth-order valence-electron chi connectivity index (χ4n) is 3.49. The molecule has 1 aromatic heterocycles. The smallest absolute Gasteiger partial charge is 0.273 e. The Kier molecular flexibility index (Phi) is 10.7. The van der Waals surface area contributed by atoms with E-state index in [-0.39, 0.29) is 30.2 Å². The second-order valence-corrected chi connectivity index (χ2v) is 7.95. The predicted molar refractivity (Wildman–Crippen MR) is 128 cm³/mol. The lowest BCUT2D eigenvalue weighted by Crippen LogP contribution is -2.44. The highest BCUT2D eigenvalue weighted by atomic mass is 16.6. The van der Waals surface area contributed by atoms with Crippen molar-refractivity contribution in [2.75, 3.05) is 46.6 Å². The minimum Gasteiger partial charge on any atom is -0.383 e. The van der Waals surface area contributed by atoms with Gasteiger partial charge in [-0.2, -0.15) is 0 Å². The molecule has 0 atom stereocenters. The molecular formula is C24H34N4O6. The van der Waals surface area contributed by atoms with Crippen molar-refractivity contribution in [2.45, 2.75) is 26.8 Å². The summed E-state index contributed by atoms with van der Waals surface area (Å²) in [6.45, 7) is 5.74. The Morgan fingerprint density at radius 2 is 1.91 bits per heavy atom. The molecule has 2 rings (SSSR count). The SMILES string of the molecule is CCOCCCN(CC(=O)N(CCOC)Cc1cccn1C)C(=O)c1ccc(C)c([N+](=O)[O-])c1. The number of rotatable bonds is 14. The molecular weight excluding hydrogens is 440 g/mol. The van der Waals surface area contributed by atoms with Crippen molar-refractivity contribution >= 4 is 17.5 Å². The van der Waals surface area contributed by atoms with Gasteiger partial charge in [-0.15, -0.1) is 0 Å². The molecule has 1 aromatic carbocycles. The Morgan fingerprint density at radius 1 is 1.15 bits per heavy atom. The van der Waals surface area contributed by atoms with Crippen LogP contribution in [0.3, 0.4) is 0 Å². The van der Waals surface area contributed by atoms with Gasteiger partial charge in [0.1, 0.15) is 6.54 Å². The third kappa shape index (κ3) is 7.67. The molecule has 2 amide bonds. The van der Waals surface area contributed by atoms with Crippen molar-refractivity contribution in [1.82, 2.24) is 14.4 Å². The summed E-state index contributed by atoms with van der Waals surface area (Å²) in [5, 5.41) is 11.3. The van der Waals surface area contributed by atoms with E-state index in [2.05, 4.69) is 0 Å². The largest absolute Gasteiger partial charge is 0.383 e. The van der Waals surface area contributed by atoms with Crippen molar-refractivity contribution < 1.29 is 24.0 Å². The zero-order chi connectivity index (χ0) is 25.1. The van der Waals surface area contributed by atoms with E-state index < -0.39 is 10.8 Å². The fraction of sp³-hybridized carbons (Fsp3) is 0.500. The average molecular weight is 475 g/mol. The molecule has 1 heterocycles. The van der Waals surface area contributed by atoms with E-state index in [1.165, 1.54) is 11.0 Å². The Bertz CT molecular complexity index is 974. The molecule has 0 aliphatic rings. The number of nitro groups is 1. The molecule has 0 fully saturated rings. The Labute approximate surface area is 200 Å². The van der Waals surface area contributed by atoms with Gasteiger partial charge in [-0.3, -0.25) is 19.7 Å². The number of carbonyl (C=O) groups is 2. The number of nitrogens with zero attached hydrogens (tertiary/aromatic N) is 4. The summed E-state index contributed by atoms with van der Waals surface area (Å²) in [5.41, 5.74) is 1.46. The van der Waals surface area contributed by atoms with Crippen molar-refractivity contribution in [3.63, 3.8) is 0 Å². The maximum absolute atomic E-state index is 13.3. The summed E-state index contributed by atoms with van der Waals surface area (Å²) in [4.78, 5) is 40.5. The van der Waals surface area contributed by atoms with Gasteiger partial charge in [0.15, 0.2) is 0 Å². The maximum Gasteiger partial charge on any atom is 0.273 e. The lowest BCUT2D eigenvalue weighted by molar-refractivity contribution is -0.385. The monoisotopic (exact) mass is 474 g/mol. The first-order valence-electron chi connectivity index (χ1n) is 11.3. The minimum atomic E-state index is -0.511. The first kappa shape index (κ1) is 27.0. The van der Waals surface area contributed by atoms with Gasteiger partial charge in [0.05, 0.1) is 18.1 Å². The third-order valence-corrected chi connectivity index (χ3v) is 5.51. The van der Waals surface area contributed by atoms with Gasteiger partial charge in [-0.1, -0.05) is 6.07 Å². The van der Waals surface area contributed by atoms with Crippen LogP contribution in [0.25, 0.3) is 0 Å². The van der Waals surface area contributed by atoms with Crippen LogP contribution in [0.1, 0.15) is 35.0 Å². The van der Waals surface area contributed by atoms with E-state index in [0.29, 0.717) is 44.9 Å². The van der Waals surface area contributed by atoms with E-state index in [4.69, 9.17) is 9.47 Å². The van der Waals surface area contributed by atoms with Crippen molar-refractivity contribution in [3.05, 3.63) is 63.5 Å². The molecule has 10 heteroatoms. The number of hydrogen-bond acceptors (Lipinski definition) is 6. The van der Waals surface area contributed by atoms with Crippen LogP contribution in [0.5, 0.6) is 0 Å². The number of ether oxygens (including phenoxy) is 2. The third-order valence-electron chi connectivity index (χ3n) is 5.51. The molecule has 0 aliphatic heterocycles. The lowest BCUT2D eigenvalue weighted by atomic mass is 10.1. The van der Waals surface area contributed by atoms with Gasteiger partial charge in [-0.05, 0) is 38.5 Å². The molecule has 0 spiro atoms. The van der Waals surface area contributed by atoms with Crippen LogP contribution in [0, 0.1) is 17.0 Å². The number of aryl methyl sites for hydroxylation is 2. The van der Waals surface area contributed by atoms with Crippen LogP contribution in [0.15, 0.2) is 36.5 Å². The quantitative estimate of drug-likeness (QED) is 0.237. The van der Waals surface area contributed by atoms with Crippen LogP contribution in [-0.2, 0) is 27.9 Å². The molecule has 186 valence electrons.